The fourth-order valence-electron chi connectivity index (χ4n) is 5.75. The Morgan fingerprint density at radius 2 is 1.92 bits per heavy atom. The topological polar surface area (TPSA) is 91.9 Å². The van der Waals surface area contributed by atoms with Crippen molar-refractivity contribution in [3.05, 3.63) is 35.6 Å². The molecule has 0 aromatic heterocycles. The first-order chi connectivity index (χ1) is 18.0. The highest BCUT2D eigenvalue weighted by molar-refractivity contribution is 5.74. The number of amides is 3. The number of methoxy groups -OCH3 is 1. The summed E-state index contributed by atoms with van der Waals surface area (Å²) in [6.45, 7) is 2.51. The van der Waals surface area contributed by atoms with Crippen molar-refractivity contribution in [2.45, 2.75) is 69.9 Å². The number of nitrogens with zero attached hydrogens (tertiary/aromatic N) is 1. The molecule has 3 rings (SSSR count). The Bertz CT molecular complexity index is 834. The first-order valence-electron chi connectivity index (χ1n) is 13.9. The fourth-order valence-corrected chi connectivity index (χ4v) is 5.75. The molecule has 1 saturated carbocycles. The molecule has 9 heteroatoms. The minimum absolute atomic E-state index is 0.0176. The van der Waals surface area contributed by atoms with Crippen molar-refractivity contribution in [3.8, 4) is 0 Å². The number of carbonyl (C=O) groups is 2. The summed E-state index contributed by atoms with van der Waals surface area (Å²) >= 11 is 0. The van der Waals surface area contributed by atoms with E-state index in [9.17, 15) is 14.0 Å². The van der Waals surface area contributed by atoms with E-state index in [-0.39, 0.29) is 43.1 Å². The van der Waals surface area contributed by atoms with Crippen LogP contribution in [0, 0.1) is 17.7 Å². The number of rotatable bonds is 11. The average molecular weight is 521 g/mol. The van der Waals surface area contributed by atoms with Gasteiger partial charge in [0.05, 0.1) is 19.8 Å². The van der Waals surface area contributed by atoms with Crippen LogP contribution in [0.3, 0.4) is 0 Å². The Morgan fingerprint density at radius 3 is 2.62 bits per heavy atom. The number of hydrogen-bond donors (Lipinski definition) is 3. The third-order valence-electron chi connectivity index (χ3n) is 7.58. The van der Waals surface area contributed by atoms with Gasteiger partial charge in [-0.2, -0.15) is 0 Å². The Hall–Kier alpha value is -2.39. The van der Waals surface area contributed by atoms with Gasteiger partial charge in [0.15, 0.2) is 0 Å². The van der Waals surface area contributed by atoms with Gasteiger partial charge in [0.1, 0.15) is 5.82 Å². The van der Waals surface area contributed by atoms with Gasteiger partial charge >= 0.3 is 12.1 Å². The number of urea groups is 1. The van der Waals surface area contributed by atoms with E-state index in [2.05, 4.69) is 20.7 Å². The lowest BCUT2D eigenvalue weighted by Crippen LogP contribution is -2.51. The Labute approximate surface area is 221 Å². The van der Waals surface area contributed by atoms with Crippen LogP contribution in [0.25, 0.3) is 0 Å². The van der Waals surface area contributed by atoms with Gasteiger partial charge < -0.3 is 30.3 Å². The lowest BCUT2D eigenvalue weighted by molar-refractivity contribution is -0.00880. The molecule has 1 aromatic rings. The van der Waals surface area contributed by atoms with Gasteiger partial charge in [0.2, 0.25) is 0 Å². The third kappa shape index (κ3) is 9.78. The normalized spacial score (nSPS) is 20.5. The maximum atomic E-state index is 14.1. The lowest BCUT2D eigenvalue weighted by Gasteiger charge is -2.38. The van der Waals surface area contributed by atoms with Gasteiger partial charge in [-0.05, 0) is 49.9 Å². The molecule has 0 spiro atoms. The van der Waals surface area contributed by atoms with Gasteiger partial charge in [0, 0.05) is 38.1 Å². The zero-order valence-electron chi connectivity index (χ0n) is 22.5. The highest BCUT2D eigenvalue weighted by Gasteiger charge is 2.32. The van der Waals surface area contributed by atoms with Gasteiger partial charge in [-0.25, -0.2) is 14.0 Å². The maximum Gasteiger partial charge on any atom is 0.406 e. The van der Waals surface area contributed by atoms with Crippen LogP contribution in [-0.4, -0.2) is 70.0 Å². The average Bonchev–Trinajstić information content (AvgIpc) is 3.17. The number of likely N-dealkylation sites (N-methyl/N-ethyl adjacent to an activating group) is 1. The summed E-state index contributed by atoms with van der Waals surface area (Å²) in [5.74, 6) is 0.362. The van der Waals surface area contributed by atoms with Crippen molar-refractivity contribution in [2.75, 3.05) is 46.9 Å². The number of nitrogens with one attached hydrogen (secondary N) is 3. The molecular weight excluding hydrogens is 475 g/mol. The predicted octanol–water partition coefficient (Wildman–Crippen LogP) is 4.61. The third-order valence-corrected chi connectivity index (χ3v) is 7.58. The number of carbonyl (C=O) groups excluding carboxylic acids is 2. The van der Waals surface area contributed by atoms with Crippen molar-refractivity contribution in [1.82, 2.24) is 20.9 Å². The molecule has 3 atom stereocenters. The number of ether oxygens (including phenoxy) is 2. The zero-order chi connectivity index (χ0) is 26.5. The summed E-state index contributed by atoms with van der Waals surface area (Å²) in [4.78, 5) is 26.6. The van der Waals surface area contributed by atoms with E-state index in [0.29, 0.717) is 19.0 Å². The first kappa shape index (κ1) is 29.2. The van der Waals surface area contributed by atoms with E-state index in [4.69, 9.17) is 4.74 Å². The van der Waals surface area contributed by atoms with Crippen molar-refractivity contribution in [2.24, 2.45) is 11.8 Å². The summed E-state index contributed by atoms with van der Waals surface area (Å²) in [5.41, 5.74) is 0.742. The molecule has 0 radical (unpaired) electrons. The van der Waals surface area contributed by atoms with Crippen molar-refractivity contribution < 1.29 is 23.5 Å². The standard InChI is InChI=1S/C28H45FN4O4/c1-30-19-25(17-21-9-5-3-4-6-10-21)32-27(34)33-15-8-12-23(20-33)26(22-11-7-13-24(29)18-22)37-16-14-31-28(35)36-2/h7,11,13,18,21,23,25-26,30H,3-6,8-10,12,14-17,19-20H2,1-2H3,(H,31,35)(H,32,34)/t23-,25+,26+/m1/s1. The molecule has 1 aliphatic heterocycles. The fraction of sp³-hybridized carbons (Fsp3) is 0.714. The van der Waals surface area contributed by atoms with Gasteiger partial charge in [-0.1, -0.05) is 50.7 Å². The van der Waals surface area contributed by atoms with Crippen LogP contribution >= 0.6 is 0 Å². The Kier molecular flexibility index (Phi) is 12.4. The summed E-state index contributed by atoms with van der Waals surface area (Å²) in [6.07, 6.45) is 9.54. The Morgan fingerprint density at radius 1 is 1.14 bits per heavy atom. The highest BCUT2D eigenvalue weighted by Crippen LogP contribution is 2.33. The van der Waals surface area contributed by atoms with Gasteiger partial charge in [0.25, 0.3) is 0 Å². The summed E-state index contributed by atoms with van der Waals surface area (Å²) < 4.78 is 24.8. The van der Waals surface area contributed by atoms with Crippen LogP contribution < -0.4 is 16.0 Å². The van der Waals surface area contributed by atoms with E-state index in [1.807, 2.05) is 18.0 Å². The van der Waals surface area contributed by atoms with E-state index in [0.717, 1.165) is 31.4 Å². The van der Waals surface area contributed by atoms with Crippen molar-refractivity contribution in [3.63, 3.8) is 0 Å². The number of likely N-dealkylation sites (tertiary alicyclic amines) is 1. The monoisotopic (exact) mass is 520 g/mol. The van der Waals surface area contributed by atoms with E-state index in [1.165, 1.54) is 57.8 Å². The Balaban J connectivity index is 1.62. The minimum Gasteiger partial charge on any atom is -0.453 e. The molecule has 1 aliphatic carbocycles. The SMILES string of the molecule is CNC[C@H](CC1CCCCCC1)NC(=O)N1CCC[C@@H]([C@@H](OCCNC(=O)OC)c2cccc(F)c2)C1. The molecule has 37 heavy (non-hydrogen) atoms. The maximum absolute atomic E-state index is 14.1. The smallest absolute Gasteiger partial charge is 0.406 e. The van der Waals surface area contributed by atoms with Crippen LogP contribution in [0.4, 0.5) is 14.0 Å². The molecule has 2 aliphatic rings. The zero-order valence-corrected chi connectivity index (χ0v) is 22.5. The number of benzene rings is 1. The van der Waals surface area contributed by atoms with Crippen molar-refractivity contribution in [1.29, 1.82) is 0 Å². The van der Waals surface area contributed by atoms with Gasteiger partial charge in [-0.3, -0.25) is 0 Å². The largest absolute Gasteiger partial charge is 0.453 e. The molecule has 1 saturated heterocycles. The molecule has 1 heterocycles. The van der Waals surface area contributed by atoms with Crippen LogP contribution in [0.5, 0.6) is 0 Å². The summed E-state index contributed by atoms with van der Waals surface area (Å²) in [7, 11) is 3.24. The number of piperidine rings is 1. The molecular formula is C28H45FN4O4. The van der Waals surface area contributed by atoms with E-state index >= 15 is 0 Å². The first-order valence-corrected chi connectivity index (χ1v) is 13.9. The van der Waals surface area contributed by atoms with E-state index in [1.54, 1.807) is 6.07 Å². The van der Waals surface area contributed by atoms with Crippen LogP contribution in [0.1, 0.15) is 69.5 Å². The second kappa shape index (κ2) is 15.8. The number of halogens is 1. The second-order valence-corrected chi connectivity index (χ2v) is 10.4. The number of hydrogen-bond acceptors (Lipinski definition) is 5. The van der Waals surface area contributed by atoms with Crippen LogP contribution in [-0.2, 0) is 9.47 Å². The minimum atomic E-state index is -0.522. The molecule has 8 nitrogen and oxygen atoms in total. The molecule has 2 fully saturated rings. The highest BCUT2D eigenvalue weighted by atomic mass is 19.1. The second-order valence-electron chi connectivity index (χ2n) is 10.4. The predicted molar refractivity (Wildman–Crippen MR) is 142 cm³/mol. The number of alkyl carbamates (subject to hydrolysis) is 1. The lowest BCUT2D eigenvalue weighted by atomic mass is 9.88. The molecule has 208 valence electrons. The van der Waals surface area contributed by atoms with Crippen molar-refractivity contribution >= 4 is 12.1 Å². The quantitative estimate of drug-likeness (QED) is 0.293. The summed E-state index contributed by atoms with van der Waals surface area (Å²) in [6, 6.07) is 6.50. The molecule has 3 N–H and O–H groups in total. The molecule has 0 bridgehead atoms. The van der Waals surface area contributed by atoms with Crippen LogP contribution in [0.2, 0.25) is 0 Å². The molecule has 1 aromatic carbocycles. The van der Waals surface area contributed by atoms with E-state index < -0.39 is 6.09 Å². The summed E-state index contributed by atoms with van der Waals surface area (Å²) in [5, 5.41) is 9.16. The molecule has 3 amide bonds. The molecule has 0 unspecified atom stereocenters. The van der Waals surface area contributed by atoms with Gasteiger partial charge in [-0.15, -0.1) is 0 Å². The van der Waals surface area contributed by atoms with Crippen LogP contribution in [0.15, 0.2) is 24.3 Å².